The zero-order valence-corrected chi connectivity index (χ0v) is 11.2. The average molecular weight is 267 g/mol. The molecule has 0 amide bonds. The molecule has 1 heterocycles. The molecule has 1 N–H and O–H groups in total. The van der Waals surface area contributed by atoms with Crippen molar-refractivity contribution in [3.05, 3.63) is 53.1 Å². The van der Waals surface area contributed by atoms with E-state index in [0.717, 1.165) is 16.8 Å². The Morgan fingerprint density at radius 1 is 1.15 bits per heavy atom. The molecule has 0 aliphatic heterocycles. The van der Waals surface area contributed by atoms with Crippen molar-refractivity contribution in [3.63, 3.8) is 0 Å². The maximum absolute atomic E-state index is 11.0. The molecule has 100 valence electrons. The third-order valence-corrected chi connectivity index (χ3v) is 3.27. The molecule has 0 saturated carbocycles. The first-order valence-corrected chi connectivity index (χ1v) is 6.22. The van der Waals surface area contributed by atoms with Crippen LogP contribution in [0.2, 0.25) is 0 Å². The highest BCUT2D eigenvalue weighted by Crippen LogP contribution is 2.21. The van der Waals surface area contributed by atoms with Gasteiger partial charge in [-0.05, 0) is 43.7 Å². The number of nitrogens with zero attached hydrogens (tertiary/aromatic N) is 3. The molecule has 0 bridgehead atoms. The second-order valence-corrected chi connectivity index (χ2v) is 4.80. The van der Waals surface area contributed by atoms with Gasteiger partial charge in [0, 0.05) is 0 Å². The Kier molecular flexibility index (Phi) is 2.75. The predicted octanol–water partition coefficient (Wildman–Crippen LogP) is 2.74. The van der Waals surface area contributed by atoms with Crippen LogP contribution in [0.25, 0.3) is 16.7 Å². The second-order valence-electron chi connectivity index (χ2n) is 4.80. The lowest BCUT2D eigenvalue weighted by atomic mass is 10.1. The number of hydrogen-bond acceptors (Lipinski definition) is 3. The summed E-state index contributed by atoms with van der Waals surface area (Å²) in [5, 5.41) is 17.2. The summed E-state index contributed by atoms with van der Waals surface area (Å²) in [4.78, 5) is 11.0. The number of hydrogen-bond donors (Lipinski definition) is 1. The Labute approximate surface area is 115 Å². The lowest BCUT2D eigenvalue weighted by molar-refractivity contribution is 0.0697. The Bertz CT molecular complexity index is 821. The Balaban J connectivity index is 2.20. The molecule has 5 nitrogen and oxygen atoms in total. The average Bonchev–Trinajstić information content (AvgIpc) is 2.81. The van der Waals surface area contributed by atoms with Crippen LogP contribution in [0.3, 0.4) is 0 Å². The van der Waals surface area contributed by atoms with Crippen LogP contribution < -0.4 is 0 Å². The standard InChI is InChI=1S/C15H13N3O2/c1-9-3-5-13(10(2)7-9)18-14-6-4-11(15(19)20)8-12(14)16-17-18/h3-8H,1-2H3,(H,19,20). The number of benzene rings is 2. The minimum atomic E-state index is -0.965. The number of aromatic nitrogens is 3. The third-order valence-electron chi connectivity index (χ3n) is 3.27. The summed E-state index contributed by atoms with van der Waals surface area (Å²) >= 11 is 0. The largest absolute Gasteiger partial charge is 0.478 e. The molecule has 0 radical (unpaired) electrons. The summed E-state index contributed by atoms with van der Waals surface area (Å²) in [5.74, 6) is -0.965. The molecule has 3 rings (SSSR count). The van der Waals surface area contributed by atoms with Crippen molar-refractivity contribution in [2.45, 2.75) is 13.8 Å². The third kappa shape index (κ3) is 1.93. The highest BCUT2D eigenvalue weighted by molar-refractivity contribution is 5.92. The van der Waals surface area contributed by atoms with Crippen molar-refractivity contribution in [2.24, 2.45) is 0 Å². The molecule has 0 fully saturated rings. The summed E-state index contributed by atoms with van der Waals surface area (Å²) < 4.78 is 1.73. The van der Waals surface area contributed by atoms with Gasteiger partial charge in [-0.25, -0.2) is 9.48 Å². The zero-order chi connectivity index (χ0) is 14.3. The summed E-state index contributed by atoms with van der Waals surface area (Å²) in [7, 11) is 0. The molecule has 0 saturated heterocycles. The Morgan fingerprint density at radius 3 is 2.65 bits per heavy atom. The molecule has 2 aromatic carbocycles. The van der Waals surface area contributed by atoms with Gasteiger partial charge in [-0.15, -0.1) is 5.10 Å². The monoisotopic (exact) mass is 267 g/mol. The van der Waals surface area contributed by atoms with E-state index in [1.165, 1.54) is 11.6 Å². The van der Waals surface area contributed by atoms with Crippen LogP contribution in [0.4, 0.5) is 0 Å². The first-order chi connectivity index (χ1) is 9.56. The quantitative estimate of drug-likeness (QED) is 0.775. The van der Waals surface area contributed by atoms with Crippen LogP contribution in [0.1, 0.15) is 21.5 Å². The lowest BCUT2D eigenvalue weighted by Crippen LogP contribution is -2.00. The SMILES string of the molecule is Cc1ccc(-n2nnc3cc(C(=O)O)ccc32)c(C)c1. The number of carboxylic acid groups (broad SMARTS) is 1. The molecular formula is C15H13N3O2. The number of aryl methyl sites for hydroxylation is 2. The number of aromatic carboxylic acids is 1. The van der Waals surface area contributed by atoms with Crippen LogP contribution >= 0.6 is 0 Å². The van der Waals surface area contributed by atoms with E-state index in [1.54, 1.807) is 16.8 Å². The summed E-state index contributed by atoms with van der Waals surface area (Å²) in [5.41, 5.74) is 4.81. The molecule has 3 aromatic rings. The smallest absolute Gasteiger partial charge is 0.335 e. The summed E-state index contributed by atoms with van der Waals surface area (Å²) in [6.45, 7) is 4.05. The van der Waals surface area contributed by atoms with Gasteiger partial charge >= 0.3 is 5.97 Å². The van der Waals surface area contributed by atoms with Gasteiger partial charge in [0.25, 0.3) is 0 Å². The molecular weight excluding hydrogens is 254 g/mol. The minimum Gasteiger partial charge on any atom is -0.478 e. The van der Waals surface area contributed by atoms with Gasteiger partial charge in [-0.2, -0.15) is 0 Å². The topological polar surface area (TPSA) is 68.0 Å². The maximum Gasteiger partial charge on any atom is 0.335 e. The number of carbonyl (C=O) groups is 1. The van der Waals surface area contributed by atoms with Crippen molar-refractivity contribution in [3.8, 4) is 5.69 Å². The number of carboxylic acids is 1. The maximum atomic E-state index is 11.0. The van der Waals surface area contributed by atoms with E-state index in [-0.39, 0.29) is 5.56 Å². The van der Waals surface area contributed by atoms with E-state index < -0.39 is 5.97 Å². The molecule has 0 unspecified atom stereocenters. The van der Waals surface area contributed by atoms with Gasteiger partial charge in [-0.3, -0.25) is 0 Å². The van der Waals surface area contributed by atoms with E-state index in [9.17, 15) is 4.79 Å². The fourth-order valence-corrected chi connectivity index (χ4v) is 2.28. The van der Waals surface area contributed by atoms with Crippen molar-refractivity contribution >= 4 is 17.0 Å². The zero-order valence-electron chi connectivity index (χ0n) is 11.2. The van der Waals surface area contributed by atoms with Crippen molar-refractivity contribution in [1.29, 1.82) is 0 Å². The molecule has 5 heteroatoms. The molecule has 20 heavy (non-hydrogen) atoms. The number of fused-ring (bicyclic) bond motifs is 1. The van der Waals surface area contributed by atoms with Gasteiger partial charge in [0.2, 0.25) is 0 Å². The highest BCUT2D eigenvalue weighted by atomic mass is 16.4. The highest BCUT2D eigenvalue weighted by Gasteiger charge is 2.11. The van der Waals surface area contributed by atoms with Crippen molar-refractivity contribution in [2.75, 3.05) is 0 Å². The van der Waals surface area contributed by atoms with E-state index in [0.29, 0.717) is 5.52 Å². The van der Waals surface area contributed by atoms with Gasteiger partial charge in [0.05, 0.1) is 16.8 Å². The number of rotatable bonds is 2. The first-order valence-electron chi connectivity index (χ1n) is 6.22. The first kappa shape index (κ1) is 12.3. The van der Waals surface area contributed by atoms with Gasteiger partial charge < -0.3 is 5.11 Å². The fourth-order valence-electron chi connectivity index (χ4n) is 2.28. The van der Waals surface area contributed by atoms with Gasteiger partial charge in [-0.1, -0.05) is 22.9 Å². The normalized spacial score (nSPS) is 10.9. The Hall–Kier alpha value is -2.69. The molecule has 0 spiro atoms. The van der Waals surface area contributed by atoms with E-state index in [1.807, 2.05) is 26.0 Å². The fraction of sp³-hybridized carbons (Fsp3) is 0.133. The minimum absolute atomic E-state index is 0.213. The van der Waals surface area contributed by atoms with Crippen LogP contribution in [0.15, 0.2) is 36.4 Å². The Morgan fingerprint density at radius 2 is 1.95 bits per heavy atom. The van der Waals surface area contributed by atoms with Crippen LogP contribution in [0, 0.1) is 13.8 Å². The molecule has 0 aliphatic carbocycles. The molecule has 0 atom stereocenters. The summed E-state index contributed by atoms with van der Waals surface area (Å²) in [6, 6.07) is 10.9. The second kappa shape index (κ2) is 4.45. The molecule has 0 aliphatic rings. The van der Waals surface area contributed by atoms with Crippen LogP contribution in [0.5, 0.6) is 0 Å². The van der Waals surface area contributed by atoms with Gasteiger partial charge in [0.15, 0.2) is 0 Å². The van der Waals surface area contributed by atoms with E-state index >= 15 is 0 Å². The van der Waals surface area contributed by atoms with Crippen LogP contribution in [-0.2, 0) is 0 Å². The van der Waals surface area contributed by atoms with E-state index in [2.05, 4.69) is 16.4 Å². The van der Waals surface area contributed by atoms with Crippen LogP contribution in [-0.4, -0.2) is 26.1 Å². The predicted molar refractivity (Wildman–Crippen MR) is 75.3 cm³/mol. The molecule has 1 aromatic heterocycles. The van der Waals surface area contributed by atoms with Crippen molar-refractivity contribution in [1.82, 2.24) is 15.0 Å². The van der Waals surface area contributed by atoms with Gasteiger partial charge in [0.1, 0.15) is 5.52 Å². The van der Waals surface area contributed by atoms with Crippen molar-refractivity contribution < 1.29 is 9.90 Å². The lowest BCUT2D eigenvalue weighted by Gasteiger charge is -2.07. The van der Waals surface area contributed by atoms with E-state index in [4.69, 9.17) is 5.11 Å². The summed E-state index contributed by atoms with van der Waals surface area (Å²) in [6.07, 6.45) is 0.